The second-order valence-corrected chi connectivity index (χ2v) is 4.96. The fourth-order valence-corrected chi connectivity index (χ4v) is 2.02. The second-order valence-electron chi connectivity index (χ2n) is 4.96. The molecule has 1 nitrogen and oxygen atoms in total. The number of hydrogen-bond acceptors (Lipinski definition) is 1. The lowest BCUT2D eigenvalue weighted by atomic mass is 10.0. The zero-order valence-electron chi connectivity index (χ0n) is 11.0. The third-order valence-electron chi connectivity index (χ3n) is 3.40. The summed E-state index contributed by atoms with van der Waals surface area (Å²) in [6.45, 7) is 5.54. The summed E-state index contributed by atoms with van der Waals surface area (Å²) in [6, 6.07) is 9.70. The summed E-state index contributed by atoms with van der Waals surface area (Å²) in [5.74, 6) is 0. The van der Waals surface area contributed by atoms with Crippen molar-refractivity contribution >= 4 is 5.57 Å². The molecular formula is C16H23N. The van der Waals surface area contributed by atoms with Crippen LogP contribution in [0.3, 0.4) is 0 Å². The minimum atomic E-state index is 0.826. The van der Waals surface area contributed by atoms with Crippen LogP contribution in [0, 0.1) is 0 Å². The van der Waals surface area contributed by atoms with E-state index in [9.17, 15) is 0 Å². The van der Waals surface area contributed by atoms with E-state index in [4.69, 9.17) is 0 Å². The molecule has 2 rings (SSSR count). The first-order chi connectivity index (χ1) is 8.29. The highest BCUT2D eigenvalue weighted by atomic mass is 14.9. The second kappa shape index (κ2) is 6.02. The first-order valence-corrected chi connectivity index (χ1v) is 6.79. The standard InChI is InChI=1S/C16H23N/c1-3-14-7-4-8-15(12-14)13(2)6-5-11-17-16-9-10-16/h4,6-8,12,16-17H,3,5,9-11H2,1-2H3/b13-6+. The summed E-state index contributed by atoms with van der Waals surface area (Å²) >= 11 is 0. The van der Waals surface area contributed by atoms with Crippen molar-refractivity contribution in [3.63, 3.8) is 0 Å². The molecule has 1 aromatic carbocycles. The number of rotatable bonds is 6. The van der Waals surface area contributed by atoms with Gasteiger partial charge in [-0.3, -0.25) is 0 Å². The molecule has 92 valence electrons. The Bertz CT molecular complexity index is 388. The Balaban J connectivity index is 1.87. The van der Waals surface area contributed by atoms with E-state index < -0.39 is 0 Å². The molecule has 17 heavy (non-hydrogen) atoms. The predicted octanol–water partition coefficient (Wildman–Crippen LogP) is 3.79. The van der Waals surface area contributed by atoms with Gasteiger partial charge in [-0.05, 0) is 55.9 Å². The van der Waals surface area contributed by atoms with Crippen molar-refractivity contribution in [3.05, 3.63) is 41.5 Å². The van der Waals surface area contributed by atoms with Gasteiger partial charge in [0.25, 0.3) is 0 Å². The third-order valence-corrected chi connectivity index (χ3v) is 3.40. The van der Waals surface area contributed by atoms with Gasteiger partial charge in [0, 0.05) is 6.04 Å². The van der Waals surface area contributed by atoms with E-state index in [-0.39, 0.29) is 0 Å². The predicted molar refractivity (Wildman–Crippen MR) is 75.1 cm³/mol. The van der Waals surface area contributed by atoms with Crippen LogP contribution >= 0.6 is 0 Å². The van der Waals surface area contributed by atoms with Gasteiger partial charge < -0.3 is 5.32 Å². The number of benzene rings is 1. The number of nitrogens with one attached hydrogen (secondary N) is 1. The Morgan fingerprint density at radius 1 is 1.41 bits per heavy atom. The van der Waals surface area contributed by atoms with Gasteiger partial charge in [0.05, 0.1) is 0 Å². The lowest BCUT2D eigenvalue weighted by Crippen LogP contribution is -2.16. The van der Waals surface area contributed by atoms with Gasteiger partial charge in [0.2, 0.25) is 0 Å². The van der Waals surface area contributed by atoms with Crippen LogP contribution in [-0.4, -0.2) is 12.6 Å². The van der Waals surface area contributed by atoms with Crippen molar-refractivity contribution in [3.8, 4) is 0 Å². The van der Waals surface area contributed by atoms with E-state index in [0.717, 1.165) is 25.4 Å². The van der Waals surface area contributed by atoms with Crippen LogP contribution in [0.15, 0.2) is 30.3 Å². The molecule has 0 radical (unpaired) electrons. The summed E-state index contributed by atoms with van der Waals surface area (Å²) in [7, 11) is 0. The van der Waals surface area contributed by atoms with E-state index in [1.165, 1.54) is 29.5 Å². The van der Waals surface area contributed by atoms with Crippen molar-refractivity contribution < 1.29 is 0 Å². The zero-order valence-corrected chi connectivity index (χ0v) is 11.0. The maximum Gasteiger partial charge on any atom is 0.00683 e. The quantitative estimate of drug-likeness (QED) is 0.732. The molecule has 0 bridgehead atoms. The van der Waals surface area contributed by atoms with Crippen molar-refractivity contribution in [1.29, 1.82) is 0 Å². The molecule has 1 aliphatic rings. The first-order valence-electron chi connectivity index (χ1n) is 6.79. The minimum absolute atomic E-state index is 0.826. The average Bonchev–Trinajstić information content (AvgIpc) is 3.18. The fourth-order valence-electron chi connectivity index (χ4n) is 2.02. The van der Waals surface area contributed by atoms with E-state index in [0.29, 0.717) is 0 Å². The molecule has 0 amide bonds. The maximum absolute atomic E-state index is 3.54. The highest BCUT2D eigenvalue weighted by Gasteiger charge is 2.19. The van der Waals surface area contributed by atoms with Crippen LogP contribution in [-0.2, 0) is 6.42 Å². The number of aryl methyl sites for hydroxylation is 1. The number of allylic oxidation sites excluding steroid dienone is 1. The van der Waals surface area contributed by atoms with Crippen molar-refractivity contribution in [2.24, 2.45) is 0 Å². The molecule has 0 heterocycles. The summed E-state index contributed by atoms with van der Waals surface area (Å²) in [6.07, 6.45) is 7.36. The van der Waals surface area contributed by atoms with Crippen LogP contribution in [0.5, 0.6) is 0 Å². The Morgan fingerprint density at radius 3 is 2.94 bits per heavy atom. The van der Waals surface area contributed by atoms with Crippen molar-refractivity contribution in [2.75, 3.05) is 6.54 Å². The van der Waals surface area contributed by atoms with Gasteiger partial charge in [0.15, 0.2) is 0 Å². The molecule has 1 fully saturated rings. The lowest BCUT2D eigenvalue weighted by Gasteiger charge is -2.05. The molecule has 1 aromatic rings. The van der Waals surface area contributed by atoms with Gasteiger partial charge in [-0.15, -0.1) is 0 Å². The molecule has 1 aliphatic carbocycles. The fraction of sp³-hybridized carbons (Fsp3) is 0.500. The van der Waals surface area contributed by atoms with E-state index in [2.05, 4.69) is 49.5 Å². The molecule has 0 spiro atoms. The topological polar surface area (TPSA) is 12.0 Å². The van der Waals surface area contributed by atoms with Crippen molar-refractivity contribution in [1.82, 2.24) is 5.32 Å². The molecule has 1 heteroatoms. The Morgan fingerprint density at radius 2 is 2.24 bits per heavy atom. The average molecular weight is 229 g/mol. The first kappa shape index (κ1) is 12.4. The summed E-state index contributed by atoms with van der Waals surface area (Å²) in [5, 5.41) is 3.54. The monoisotopic (exact) mass is 229 g/mol. The highest BCUT2D eigenvalue weighted by molar-refractivity contribution is 5.64. The molecule has 0 aliphatic heterocycles. The molecule has 0 atom stereocenters. The van der Waals surface area contributed by atoms with E-state index >= 15 is 0 Å². The molecule has 0 aromatic heterocycles. The van der Waals surface area contributed by atoms with Gasteiger partial charge >= 0.3 is 0 Å². The molecule has 1 saturated carbocycles. The Hall–Kier alpha value is -1.08. The van der Waals surface area contributed by atoms with Crippen LogP contribution in [0.25, 0.3) is 5.57 Å². The van der Waals surface area contributed by atoms with Crippen LogP contribution in [0.4, 0.5) is 0 Å². The van der Waals surface area contributed by atoms with Gasteiger partial charge in [0.1, 0.15) is 0 Å². The third kappa shape index (κ3) is 4.01. The Kier molecular flexibility index (Phi) is 4.38. The van der Waals surface area contributed by atoms with E-state index in [1.807, 2.05) is 0 Å². The van der Waals surface area contributed by atoms with Gasteiger partial charge in [-0.25, -0.2) is 0 Å². The smallest absolute Gasteiger partial charge is 0.00683 e. The highest BCUT2D eigenvalue weighted by Crippen LogP contribution is 2.19. The van der Waals surface area contributed by atoms with Crippen LogP contribution in [0.2, 0.25) is 0 Å². The SMILES string of the molecule is CCc1cccc(/C(C)=C/CCNC2CC2)c1. The van der Waals surface area contributed by atoms with Gasteiger partial charge in [-0.2, -0.15) is 0 Å². The maximum atomic E-state index is 3.54. The largest absolute Gasteiger partial charge is 0.314 e. The Labute approximate surface area is 105 Å². The van der Waals surface area contributed by atoms with Crippen LogP contribution in [0.1, 0.15) is 44.2 Å². The molecular weight excluding hydrogens is 206 g/mol. The molecule has 0 unspecified atom stereocenters. The number of hydrogen-bond donors (Lipinski definition) is 1. The summed E-state index contributed by atoms with van der Waals surface area (Å²) in [5.41, 5.74) is 4.19. The summed E-state index contributed by atoms with van der Waals surface area (Å²) < 4.78 is 0. The lowest BCUT2D eigenvalue weighted by molar-refractivity contribution is 0.690. The van der Waals surface area contributed by atoms with Crippen molar-refractivity contribution in [2.45, 2.75) is 45.6 Å². The normalized spacial score (nSPS) is 16.2. The summed E-state index contributed by atoms with van der Waals surface area (Å²) in [4.78, 5) is 0. The minimum Gasteiger partial charge on any atom is -0.314 e. The van der Waals surface area contributed by atoms with Crippen LogP contribution < -0.4 is 5.32 Å². The zero-order chi connectivity index (χ0) is 12.1. The van der Waals surface area contributed by atoms with E-state index in [1.54, 1.807) is 0 Å². The molecule has 0 saturated heterocycles. The van der Waals surface area contributed by atoms with Gasteiger partial charge in [-0.1, -0.05) is 37.3 Å². The molecule has 1 N–H and O–H groups in total.